The van der Waals surface area contributed by atoms with Crippen molar-refractivity contribution in [3.63, 3.8) is 0 Å². The zero-order chi connectivity index (χ0) is 15.6. The van der Waals surface area contributed by atoms with Gasteiger partial charge < -0.3 is 9.84 Å². The second-order valence-corrected chi connectivity index (χ2v) is 6.55. The third kappa shape index (κ3) is 2.95. The first kappa shape index (κ1) is 16.0. The smallest absolute Gasteiger partial charge is 0.339 e. The average molecular weight is 291 g/mol. The van der Waals surface area contributed by atoms with Crippen molar-refractivity contribution in [2.75, 3.05) is 7.11 Å². The van der Waals surface area contributed by atoms with E-state index in [1.807, 2.05) is 0 Å². The maximum atomic E-state index is 12.0. The minimum absolute atomic E-state index is 0.104. The summed E-state index contributed by atoms with van der Waals surface area (Å²) in [5.41, 5.74) is -0.208. The van der Waals surface area contributed by atoms with Gasteiger partial charge in [0.05, 0.1) is 18.4 Å². The summed E-state index contributed by atoms with van der Waals surface area (Å²) in [5.74, 6) is 0.409. The summed E-state index contributed by atoms with van der Waals surface area (Å²) >= 11 is 0. The molecule has 1 fully saturated rings. The topological polar surface area (TPSA) is 59.4 Å². The summed E-state index contributed by atoms with van der Waals surface area (Å²) in [5, 5.41) is 11.4. The summed E-state index contributed by atoms with van der Waals surface area (Å²) in [6.45, 7) is 6.38. The molecule has 0 saturated heterocycles. The summed E-state index contributed by atoms with van der Waals surface area (Å²) in [6, 6.07) is 3.39. The molecule has 1 heterocycles. The fraction of sp³-hybridized carbons (Fsp3) is 0.647. The second-order valence-electron chi connectivity index (χ2n) is 6.55. The Kier molecular flexibility index (Phi) is 4.67. The molecule has 4 heteroatoms. The molecule has 0 amide bonds. The molecule has 1 aliphatic rings. The van der Waals surface area contributed by atoms with Gasteiger partial charge in [0, 0.05) is 6.20 Å². The van der Waals surface area contributed by atoms with Gasteiger partial charge in [-0.1, -0.05) is 27.2 Å². The highest BCUT2D eigenvalue weighted by atomic mass is 16.5. The molecule has 2 rings (SSSR count). The number of hydrogen-bond acceptors (Lipinski definition) is 4. The quantitative estimate of drug-likeness (QED) is 0.869. The first-order chi connectivity index (χ1) is 9.90. The van der Waals surface area contributed by atoms with Crippen LogP contribution in [0.1, 0.15) is 56.1 Å². The molecule has 1 aromatic heterocycles. The Labute approximate surface area is 126 Å². The number of hydrogen-bond donors (Lipinski definition) is 1. The van der Waals surface area contributed by atoms with E-state index in [1.165, 1.54) is 7.11 Å². The van der Waals surface area contributed by atoms with E-state index in [2.05, 4.69) is 25.8 Å². The molecule has 116 valence electrons. The van der Waals surface area contributed by atoms with Gasteiger partial charge in [0.15, 0.2) is 0 Å². The Bertz CT molecular complexity index is 515. The van der Waals surface area contributed by atoms with Crippen LogP contribution < -0.4 is 0 Å². The minimum Gasteiger partial charge on any atom is -0.465 e. The number of pyridine rings is 1. The van der Waals surface area contributed by atoms with Crippen molar-refractivity contribution in [3.8, 4) is 0 Å². The largest absolute Gasteiger partial charge is 0.465 e. The fourth-order valence-electron chi connectivity index (χ4n) is 3.67. The Morgan fingerprint density at radius 3 is 2.81 bits per heavy atom. The number of methoxy groups -OCH3 is 1. The summed E-state index contributed by atoms with van der Waals surface area (Å²) in [4.78, 5) is 16.4. The standard InChI is InChI=1S/C17H25NO3/c1-11(2)14-8-7-12(3)10-17(14,20)15-13(16(19)21-4)6-5-9-18-15/h5-6,9,11-12,14,20H,7-8,10H2,1-4H3/t12-,14+,17-/m1/s1. The lowest BCUT2D eigenvalue weighted by Crippen LogP contribution is -2.44. The van der Waals surface area contributed by atoms with Crippen molar-refractivity contribution >= 4 is 5.97 Å². The number of carbonyl (C=O) groups excluding carboxylic acids is 1. The van der Waals surface area contributed by atoms with E-state index in [0.717, 1.165) is 12.8 Å². The van der Waals surface area contributed by atoms with Crippen molar-refractivity contribution in [2.24, 2.45) is 17.8 Å². The van der Waals surface area contributed by atoms with Gasteiger partial charge in [-0.3, -0.25) is 4.98 Å². The van der Waals surface area contributed by atoms with Gasteiger partial charge in [0.1, 0.15) is 5.60 Å². The predicted molar refractivity (Wildman–Crippen MR) is 80.8 cm³/mol. The van der Waals surface area contributed by atoms with E-state index < -0.39 is 11.6 Å². The molecule has 0 aliphatic heterocycles. The number of rotatable bonds is 3. The molecule has 1 N–H and O–H groups in total. The Morgan fingerprint density at radius 1 is 1.48 bits per heavy atom. The van der Waals surface area contributed by atoms with Gasteiger partial charge in [-0.25, -0.2) is 4.79 Å². The highest BCUT2D eigenvalue weighted by Crippen LogP contribution is 2.47. The molecular formula is C17H25NO3. The molecule has 1 aliphatic carbocycles. The second kappa shape index (κ2) is 6.14. The zero-order valence-corrected chi connectivity index (χ0v) is 13.3. The van der Waals surface area contributed by atoms with Gasteiger partial charge >= 0.3 is 5.97 Å². The van der Waals surface area contributed by atoms with Crippen LogP contribution in [-0.4, -0.2) is 23.2 Å². The van der Waals surface area contributed by atoms with Crippen molar-refractivity contribution in [2.45, 2.75) is 45.6 Å². The molecule has 4 nitrogen and oxygen atoms in total. The lowest BCUT2D eigenvalue weighted by molar-refractivity contribution is -0.0903. The Hall–Kier alpha value is -1.42. The zero-order valence-electron chi connectivity index (χ0n) is 13.3. The lowest BCUT2D eigenvalue weighted by atomic mass is 9.65. The van der Waals surface area contributed by atoms with Crippen LogP contribution in [0.25, 0.3) is 0 Å². The van der Waals surface area contributed by atoms with E-state index in [0.29, 0.717) is 29.5 Å². The minimum atomic E-state index is -1.06. The van der Waals surface area contributed by atoms with Crippen molar-refractivity contribution in [3.05, 3.63) is 29.6 Å². The van der Waals surface area contributed by atoms with Crippen LogP contribution in [0.4, 0.5) is 0 Å². The van der Waals surface area contributed by atoms with Crippen LogP contribution in [-0.2, 0) is 10.3 Å². The monoisotopic (exact) mass is 291 g/mol. The van der Waals surface area contributed by atoms with E-state index in [9.17, 15) is 9.90 Å². The maximum Gasteiger partial charge on any atom is 0.339 e. The first-order valence-corrected chi connectivity index (χ1v) is 7.66. The molecule has 0 radical (unpaired) electrons. The normalized spacial score (nSPS) is 29.4. The van der Waals surface area contributed by atoms with Crippen LogP contribution in [0.15, 0.2) is 18.3 Å². The number of aliphatic hydroxyl groups is 1. The molecule has 1 aromatic rings. The predicted octanol–water partition coefficient (Wildman–Crippen LogP) is 3.15. The summed E-state index contributed by atoms with van der Waals surface area (Å²) in [6.07, 6.45) is 4.32. The van der Waals surface area contributed by atoms with E-state index in [1.54, 1.807) is 18.3 Å². The van der Waals surface area contributed by atoms with Gasteiger partial charge in [0.2, 0.25) is 0 Å². The molecule has 0 aromatic carbocycles. The van der Waals surface area contributed by atoms with E-state index in [4.69, 9.17) is 4.74 Å². The highest BCUT2D eigenvalue weighted by molar-refractivity contribution is 5.90. The van der Waals surface area contributed by atoms with Crippen LogP contribution >= 0.6 is 0 Å². The van der Waals surface area contributed by atoms with Gasteiger partial charge in [-0.05, 0) is 42.7 Å². The van der Waals surface area contributed by atoms with Crippen molar-refractivity contribution < 1.29 is 14.6 Å². The fourth-order valence-corrected chi connectivity index (χ4v) is 3.67. The van der Waals surface area contributed by atoms with Gasteiger partial charge in [-0.15, -0.1) is 0 Å². The van der Waals surface area contributed by atoms with Gasteiger partial charge in [0.25, 0.3) is 0 Å². The molecule has 3 atom stereocenters. The third-order valence-electron chi connectivity index (χ3n) is 4.67. The maximum absolute atomic E-state index is 12.0. The number of ether oxygens (including phenoxy) is 1. The van der Waals surface area contributed by atoms with E-state index in [-0.39, 0.29) is 5.92 Å². The number of aromatic nitrogens is 1. The van der Waals surface area contributed by atoms with Crippen LogP contribution in [0, 0.1) is 17.8 Å². The third-order valence-corrected chi connectivity index (χ3v) is 4.67. The molecule has 0 unspecified atom stereocenters. The van der Waals surface area contributed by atoms with Crippen LogP contribution in [0.3, 0.4) is 0 Å². The Morgan fingerprint density at radius 2 is 2.19 bits per heavy atom. The van der Waals surface area contributed by atoms with Gasteiger partial charge in [-0.2, -0.15) is 0 Å². The number of carbonyl (C=O) groups is 1. The van der Waals surface area contributed by atoms with Crippen molar-refractivity contribution in [1.82, 2.24) is 4.98 Å². The molecule has 1 saturated carbocycles. The number of esters is 1. The summed E-state index contributed by atoms with van der Waals surface area (Å²) in [7, 11) is 1.35. The van der Waals surface area contributed by atoms with Crippen LogP contribution in [0.2, 0.25) is 0 Å². The SMILES string of the molecule is COC(=O)c1cccnc1[C@@]1(O)C[C@H](C)CC[C@H]1C(C)C. The number of nitrogens with zero attached hydrogens (tertiary/aromatic N) is 1. The summed E-state index contributed by atoms with van der Waals surface area (Å²) < 4.78 is 4.85. The molecule has 21 heavy (non-hydrogen) atoms. The first-order valence-electron chi connectivity index (χ1n) is 7.66. The average Bonchev–Trinajstić information content (AvgIpc) is 2.46. The molecule has 0 bridgehead atoms. The lowest BCUT2D eigenvalue weighted by Gasteiger charge is -2.44. The molecular weight excluding hydrogens is 266 g/mol. The molecule has 0 spiro atoms. The highest BCUT2D eigenvalue weighted by Gasteiger charge is 2.46. The van der Waals surface area contributed by atoms with Crippen LogP contribution in [0.5, 0.6) is 0 Å². The van der Waals surface area contributed by atoms with Crippen molar-refractivity contribution in [1.29, 1.82) is 0 Å². The van der Waals surface area contributed by atoms with E-state index >= 15 is 0 Å². The Balaban J connectivity index is 2.52.